The van der Waals surface area contributed by atoms with Crippen LogP contribution in [0.25, 0.3) is 0 Å². The summed E-state index contributed by atoms with van der Waals surface area (Å²) in [5, 5.41) is 13.9. The number of amidine groups is 1. The van der Waals surface area contributed by atoms with Crippen LogP contribution < -0.4 is 11.1 Å². The standard InChI is InChI=1S/C9H19N3O2/c1-6(5-7(10)12-14)11-8(13)9(2,3)4/h6,14H,5H2,1-4H3,(H2,10,12)(H,11,13). The monoisotopic (exact) mass is 201 g/mol. The fraction of sp³-hybridized carbons (Fsp3) is 0.778. The molecule has 0 aliphatic heterocycles. The summed E-state index contributed by atoms with van der Waals surface area (Å²) in [6, 6.07) is -0.127. The molecule has 0 radical (unpaired) electrons. The Morgan fingerprint density at radius 1 is 1.57 bits per heavy atom. The highest BCUT2D eigenvalue weighted by atomic mass is 16.4. The predicted molar refractivity (Wildman–Crippen MR) is 55.1 cm³/mol. The second-order valence-electron chi connectivity index (χ2n) is 4.42. The van der Waals surface area contributed by atoms with E-state index in [0.717, 1.165) is 0 Å². The van der Waals surface area contributed by atoms with Gasteiger partial charge in [0.05, 0.1) is 0 Å². The van der Waals surface area contributed by atoms with Crippen LogP contribution in [0.15, 0.2) is 5.16 Å². The third kappa shape index (κ3) is 4.69. The Hall–Kier alpha value is -1.26. The van der Waals surface area contributed by atoms with Crippen molar-refractivity contribution in [2.45, 2.75) is 40.2 Å². The number of nitrogens with zero attached hydrogens (tertiary/aromatic N) is 1. The molecule has 0 heterocycles. The van der Waals surface area contributed by atoms with E-state index in [-0.39, 0.29) is 17.8 Å². The van der Waals surface area contributed by atoms with E-state index in [1.807, 2.05) is 27.7 Å². The fourth-order valence-electron chi connectivity index (χ4n) is 0.846. The Kier molecular flexibility index (Phi) is 4.40. The van der Waals surface area contributed by atoms with Crippen LogP contribution in [0.1, 0.15) is 34.1 Å². The topological polar surface area (TPSA) is 87.7 Å². The molecule has 5 nitrogen and oxygen atoms in total. The van der Waals surface area contributed by atoms with Crippen molar-refractivity contribution >= 4 is 11.7 Å². The molecule has 0 aliphatic rings. The number of nitrogens with one attached hydrogen (secondary N) is 1. The lowest BCUT2D eigenvalue weighted by Gasteiger charge is -2.21. The van der Waals surface area contributed by atoms with Gasteiger partial charge in [-0.1, -0.05) is 25.9 Å². The van der Waals surface area contributed by atoms with Crippen molar-refractivity contribution in [3.8, 4) is 0 Å². The highest BCUT2D eigenvalue weighted by Crippen LogP contribution is 2.13. The van der Waals surface area contributed by atoms with E-state index in [1.54, 1.807) is 0 Å². The maximum absolute atomic E-state index is 11.5. The molecule has 0 saturated heterocycles. The van der Waals surface area contributed by atoms with E-state index in [2.05, 4.69) is 10.5 Å². The summed E-state index contributed by atoms with van der Waals surface area (Å²) in [6.45, 7) is 7.30. The number of nitrogens with two attached hydrogens (primary N) is 1. The molecule has 14 heavy (non-hydrogen) atoms. The number of hydrogen-bond donors (Lipinski definition) is 3. The third-order valence-corrected chi connectivity index (χ3v) is 1.70. The lowest BCUT2D eigenvalue weighted by atomic mass is 9.95. The maximum atomic E-state index is 11.5. The summed E-state index contributed by atoms with van der Waals surface area (Å²) in [5.74, 6) is 0.0717. The van der Waals surface area contributed by atoms with Gasteiger partial charge >= 0.3 is 0 Å². The minimum Gasteiger partial charge on any atom is -0.409 e. The lowest BCUT2D eigenvalue weighted by molar-refractivity contribution is -0.129. The van der Waals surface area contributed by atoms with Gasteiger partial charge in [-0.15, -0.1) is 0 Å². The van der Waals surface area contributed by atoms with Crippen LogP contribution in [-0.2, 0) is 4.79 Å². The van der Waals surface area contributed by atoms with E-state index in [0.29, 0.717) is 6.42 Å². The van der Waals surface area contributed by atoms with Crippen LogP contribution >= 0.6 is 0 Å². The predicted octanol–water partition coefficient (Wildman–Crippen LogP) is 0.674. The molecule has 5 heteroatoms. The zero-order valence-electron chi connectivity index (χ0n) is 9.16. The number of rotatable bonds is 3. The van der Waals surface area contributed by atoms with Crippen molar-refractivity contribution in [3.05, 3.63) is 0 Å². The van der Waals surface area contributed by atoms with Gasteiger partial charge in [-0.25, -0.2) is 0 Å². The van der Waals surface area contributed by atoms with Gasteiger partial charge in [0.25, 0.3) is 0 Å². The molecule has 0 aliphatic carbocycles. The van der Waals surface area contributed by atoms with Crippen molar-refractivity contribution in [2.24, 2.45) is 16.3 Å². The summed E-state index contributed by atoms with van der Waals surface area (Å²) in [5.41, 5.74) is 4.89. The molecule has 4 N–H and O–H groups in total. The summed E-state index contributed by atoms with van der Waals surface area (Å²) in [7, 11) is 0. The molecule has 82 valence electrons. The zero-order chi connectivity index (χ0) is 11.4. The van der Waals surface area contributed by atoms with Gasteiger partial charge in [0.1, 0.15) is 5.84 Å². The molecular weight excluding hydrogens is 182 g/mol. The number of hydrogen-bond acceptors (Lipinski definition) is 3. The van der Waals surface area contributed by atoms with E-state index in [1.165, 1.54) is 0 Å². The van der Waals surface area contributed by atoms with Gasteiger partial charge in [-0.05, 0) is 6.92 Å². The maximum Gasteiger partial charge on any atom is 0.225 e. The van der Waals surface area contributed by atoms with E-state index >= 15 is 0 Å². The number of amides is 1. The summed E-state index contributed by atoms with van der Waals surface area (Å²) < 4.78 is 0. The van der Waals surface area contributed by atoms with Crippen molar-refractivity contribution < 1.29 is 10.0 Å². The highest BCUT2D eigenvalue weighted by molar-refractivity contribution is 5.84. The second kappa shape index (κ2) is 4.83. The second-order valence-corrected chi connectivity index (χ2v) is 4.42. The molecule has 0 aromatic heterocycles. The molecule has 0 rings (SSSR count). The Morgan fingerprint density at radius 3 is 2.43 bits per heavy atom. The molecule has 1 unspecified atom stereocenters. The summed E-state index contributed by atoms with van der Waals surface area (Å²) in [6.07, 6.45) is 0.346. The molecule has 0 fully saturated rings. The molecule has 0 aromatic rings. The molecule has 0 spiro atoms. The Bertz CT molecular complexity index is 231. The minimum atomic E-state index is -0.417. The van der Waals surface area contributed by atoms with Gasteiger partial charge in [-0.2, -0.15) is 0 Å². The zero-order valence-corrected chi connectivity index (χ0v) is 9.16. The highest BCUT2D eigenvalue weighted by Gasteiger charge is 2.22. The van der Waals surface area contributed by atoms with E-state index in [4.69, 9.17) is 10.9 Å². The van der Waals surface area contributed by atoms with Gasteiger partial charge in [0.15, 0.2) is 0 Å². The van der Waals surface area contributed by atoms with Gasteiger partial charge in [-0.3, -0.25) is 4.79 Å². The first-order valence-electron chi connectivity index (χ1n) is 4.54. The average Bonchev–Trinajstić information content (AvgIpc) is 2.02. The largest absolute Gasteiger partial charge is 0.409 e. The van der Waals surface area contributed by atoms with Crippen LogP contribution in [0.2, 0.25) is 0 Å². The molecule has 0 saturated carbocycles. The summed E-state index contributed by atoms with van der Waals surface area (Å²) in [4.78, 5) is 11.5. The summed E-state index contributed by atoms with van der Waals surface area (Å²) >= 11 is 0. The van der Waals surface area contributed by atoms with Gasteiger partial charge in [0, 0.05) is 17.9 Å². The van der Waals surface area contributed by atoms with Crippen molar-refractivity contribution in [3.63, 3.8) is 0 Å². The third-order valence-electron chi connectivity index (χ3n) is 1.70. The molecule has 1 amide bonds. The smallest absolute Gasteiger partial charge is 0.225 e. The van der Waals surface area contributed by atoms with Gasteiger partial charge in [0.2, 0.25) is 5.91 Å². The first-order valence-corrected chi connectivity index (χ1v) is 4.54. The number of oxime groups is 1. The van der Waals surface area contributed by atoms with E-state index < -0.39 is 5.41 Å². The average molecular weight is 201 g/mol. The Morgan fingerprint density at radius 2 is 2.07 bits per heavy atom. The van der Waals surface area contributed by atoms with E-state index in [9.17, 15) is 4.79 Å². The molecular formula is C9H19N3O2. The Labute approximate surface area is 84.4 Å². The lowest BCUT2D eigenvalue weighted by Crippen LogP contribution is -2.41. The molecule has 0 aromatic carbocycles. The molecule has 1 atom stereocenters. The van der Waals surface area contributed by atoms with Crippen LogP contribution in [0.3, 0.4) is 0 Å². The van der Waals surface area contributed by atoms with Crippen molar-refractivity contribution in [2.75, 3.05) is 0 Å². The fourth-order valence-corrected chi connectivity index (χ4v) is 0.846. The first kappa shape index (κ1) is 12.7. The van der Waals surface area contributed by atoms with Crippen LogP contribution in [0.5, 0.6) is 0 Å². The number of carbonyl (C=O) groups is 1. The normalized spacial score (nSPS) is 15.0. The van der Waals surface area contributed by atoms with Crippen LogP contribution in [0.4, 0.5) is 0 Å². The van der Waals surface area contributed by atoms with Crippen LogP contribution in [-0.4, -0.2) is 23.0 Å². The minimum absolute atomic E-state index is 0.0456. The van der Waals surface area contributed by atoms with Gasteiger partial charge < -0.3 is 16.3 Å². The quantitative estimate of drug-likeness (QED) is 0.271. The SMILES string of the molecule is CC(CC(N)=NO)NC(=O)C(C)(C)C. The number of carbonyl (C=O) groups excluding carboxylic acids is 1. The molecule has 0 bridgehead atoms. The Balaban J connectivity index is 4.08. The van der Waals surface area contributed by atoms with Crippen LogP contribution in [0, 0.1) is 5.41 Å². The first-order chi connectivity index (χ1) is 6.27. The van der Waals surface area contributed by atoms with Crippen molar-refractivity contribution in [1.29, 1.82) is 0 Å². The van der Waals surface area contributed by atoms with Crippen molar-refractivity contribution in [1.82, 2.24) is 5.32 Å².